The molecule has 0 aromatic carbocycles. The maximum Gasteiger partial charge on any atom is 0.230 e. The van der Waals surface area contributed by atoms with Gasteiger partial charge in [0.2, 0.25) is 5.91 Å². The molecule has 1 aliphatic heterocycles. The van der Waals surface area contributed by atoms with Gasteiger partial charge in [0.1, 0.15) is 0 Å². The Bertz CT molecular complexity index is 693. The van der Waals surface area contributed by atoms with Gasteiger partial charge in [-0.25, -0.2) is 0 Å². The second-order valence-electron chi connectivity index (χ2n) is 6.78. The second kappa shape index (κ2) is 10.5. The average Bonchev–Trinajstić information content (AvgIpc) is 3.27. The molecule has 3 heterocycles. The lowest BCUT2D eigenvalue weighted by molar-refractivity contribution is -0.118. The molecule has 2 aromatic rings. The van der Waals surface area contributed by atoms with Crippen molar-refractivity contribution in [2.75, 3.05) is 31.9 Å². The van der Waals surface area contributed by atoms with E-state index in [2.05, 4.69) is 20.4 Å². The monoisotopic (exact) mass is 391 g/mol. The summed E-state index contributed by atoms with van der Waals surface area (Å²) in [5.74, 6) is 1.78. The molecule has 0 radical (unpaired) electrons. The molecule has 0 aliphatic carbocycles. The number of furan rings is 1. The summed E-state index contributed by atoms with van der Waals surface area (Å²) in [6, 6.07) is 3.69. The summed E-state index contributed by atoms with van der Waals surface area (Å²) in [5, 5.41) is 12.2. The number of aromatic nitrogens is 3. The van der Waals surface area contributed by atoms with Crippen molar-refractivity contribution in [3.05, 3.63) is 18.4 Å². The fourth-order valence-electron chi connectivity index (χ4n) is 3.34. The fourth-order valence-corrected chi connectivity index (χ4v) is 4.17. The molecule has 0 saturated carbocycles. The van der Waals surface area contributed by atoms with E-state index >= 15 is 0 Å². The number of carbonyl (C=O) groups excluding carboxylic acids is 1. The van der Waals surface area contributed by atoms with Crippen molar-refractivity contribution in [1.82, 2.24) is 25.0 Å². The van der Waals surface area contributed by atoms with Crippen molar-refractivity contribution in [3.63, 3.8) is 0 Å². The minimum atomic E-state index is 0.0427. The van der Waals surface area contributed by atoms with Crippen molar-refractivity contribution >= 4 is 17.7 Å². The maximum absolute atomic E-state index is 12.1. The lowest BCUT2D eigenvalue weighted by Gasteiger charge is -2.19. The van der Waals surface area contributed by atoms with Crippen LogP contribution in [0.15, 0.2) is 28.0 Å². The first kappa shape index (κ1) is 19.9. The van der Waals surface area contributed by atoms with E-state index in [-0.39, 0.29) is 5.91 Å². The van der Waals surface area contributed by atoms with Gasteiger partial charge in [-0.2, -0.15) is 0 Å². The zero-order chi connectivity index (χ0) is 18.9. The molecule has 1 N–H and O–H groups in total. The Hall–Kier alpha value is -1.80. The Kier molecular flexibility index (Phi) is 7.77. The van der Waals surface area contributed by atoms with Gasteiger partial charge in [-0.1, -0.05) is 24.6 Å². The maximum atomic E-state index is 12.1. The van der Waals surface area contributed by atoms with E-state index < -0.39 is 0 Å². The third-order valence-corrected chi connectivity index (χ3v) is 5.75. The van der Waals surface area contributed by atoms with Crippen molar-refractivity contribution < 1.29 is 9.21 Å². The Balaban J connectivity index is 1.39. The zero-order valence-corrected chi connectivity index (χ0v) is 16.8. The van der Waals surface area contributed by atoms with Crippen molar-refractivity contribution in [2.24, 2.45) is 0 Å². The Morgan fingerprint density at radius 3 is 2.78 bits per heavy atom. The van der Waals surface area contributed by atoms with E-state index in [0.717, 1.165) is 31.2 Å². The number of hydrogen-bond donors (Lipinski definition) is 1. The van der Waals surface area contributed by atoms with E-state index in [4.69, 9.17) is 4.42 Å². The summed E-state index contributed by atoms with van der Waals surface area (Å²) in [6.45, 7) is 6.96. The van der Waals surface area contributed by atoms with Gasteiger partial charge in [0.05, 0.1) is 12.0 Å². The number of rotatable bonds is 9. The molecule has 7 nitrogen and oxygen atoms in total. The van der Waals surface area contributed by atoms with E-state index in [1.165, 1.54) is 50.5 Å². The smallest absolute Gasteiger partial charge is 0.230 e. The molecule has 0 spiro atoms. The molecule has 1 amide bonds. The van der Waals surface area contributed by atoms with Crippen LogP contribution in [0.4, 0.5) is 0 Å². The van der Waals surface area contributed by atoms with E-state index in [9.17, 15) is 4.79 Å². The van der Waals surface area contributed by atoms with Crippen LogP contribution in [0.3, 0.4) is 0 Å². The molecule has 1 saturated heterocycles. The molecule has 1 fully saturated rings. The Labute approximate surface area is 164 Å². The van der Waals surface area contributed by atoms with Crippen LogP contribution in [0, 0.1) is 0 Å². The fraction of sp³-hybridized carbons (Fsp3) is 0.632. The summed E-state index contributed by atoms with van der Waals surface area (Å²) in [7, 11) is 0. The van der Waals surface area contributed by atoms with Gasteiger partial charge >= 0.3 is 0 Å². The highest BCUT2D eigenvalue weighted by Crippen LogP contribution is 2.24. The van der Waals surface area contributed by atoms with E-state index in [1.807, 2.05) is 23.6 Å². The second-order valence-corrected chi connectivity index (χ2v) is 7.72. The van der Waals surface area contributed by atoms with Gasteiger partial charge in [-0.15, -0.1) is 10.2 Å². The molecule has 0 atom stereocenters. The van der Waals surface area contributed by atoms with Gasteiger partial charge in [0, 0.05) is 13.1 Å². The van der Waals surface area contributed by atoms with Crippen molar-refractivity contribution in [1.29, 1.82) is 0 Å². The predicted octanol–water partition coefficient (Wildman–Crippen LogP) is 3.03. The van der Waals surface area contributed by atoms with Crippen LogP contribution >= 0.6 is 11.8 Å². The molecule has 2 aromatic heterocycles. The van der Waals surface area contributed by atoms with Gasteiger partial charge in [-0.05, 0) is 58.0 Å². The van der Waals surface area contributed by atoms with E-state index in [1.54, 1.807) is 6.26 Å². The quantitative estimate of drug-likeness (QED) is 0.523. The normalized spacial score (nSPS) is 15.6. The van der Waals surface area contributed by atoms with Crippen molar-refractivity contribution in [2.45, 2.75) is 50.7 Å². The molecule has 1 aliphatic rings. The number of thioether (sulfide) groups is 1. The van der Waals surface area contributed by atoms with Crippen LogP contribution in [0.1, 0.15) is 39.0 Å². The summed E-state index contributed by atoms with van der Waals surface area (Å²) in [4.78, 5) is 14.7. The number of nitrogens with one attached hydrogen (secondary N) is 1. The SMILES string of the molecule is CCn1c(SCC(=O)NCCCN2CCCCCC2)nnc1-c1ccco1. The Morgan fingerprint density at radius 1 is 1.26 bits per heavy atom. The van der Waals surface area contributed by atoms with Crippen LogP contribution in [-0.4, -0.2) is 57.5 Å². The van der Waals surface area contributed by atoms with Crippen molar-refractivity contribution in [3.8, 4) is 11.6 Å². The first-order valence-corrected chi connectivity index (χ1v) is 10.9. The molecule has 148 valence electrons. The predicted molar refractivity (Wildman–Crippen MR) is 107 cm³/mol. The molecular formula is C19H29N5O2S. The number of carbonyl (C=O) groups is 1. The van der Waals surface area contributed by atoms with Crippen LogP contribution in [0.2, 0.25) is 0 Å². The lowest BCUT2D eigenvalue weighted by Crippen LogP contribution is -2.31. The molecule has 3 rings (SSSR count). The minimum absolute atomic E-state index is 0.0427. The lowest BCUT2D eigenvalue weighted by atomic mass is 10.2. The molecule has 27 heavy (non-hydrogen) atoms. The molecule has 0 unspecified atom stereocenters. The number of amides is 1. The average molecular weight is 392 g/mol. The minimum Gasteiger partial charge on any atom is -0.461 e. The van der Waals surface area contributed by atoms with Gasteiger partial charge in [0.15, 0.2) is 16.7 Å². The third kappa shape index (κ3) is 5.84. The molecular weight excluding hydrogens is 362 g/mol. The standard InChI is InChI=1S/C19H29N5O2S/c1-2-24-18(16-9-7-14-26-16)21-22-19(24)27-15-17(25)20-10-8-13-23-11-5-3-4-6-12-23/h7,9,14H,2-6,8,10-13,15H2,1H3,(H,20,25). The zero-order valence-electron chi connectivity index (χ0n) is 16.0. The van der Waals surface area contributed by atoms with Crippen LogP contribution in [0.25, 0.3) is 11.6 Å². The summed E-state index contributed by atoms with van der Waals surface area (Å²) < 4.78 is 7.38. The van der Waals surface area contributed by atoms with Crippen LogP contribution < -0.4 is 5.32 Å². The van der Waals surface area contributed by atoms with Gasteiger partial charge in [0.25, 0.3) is 0 Å². The summed E-state index contributed by atoms with van der Waals surface area (Å²) >= 11 is 1.41. The number of likely N-dealkylation sites (tertiary alicyclic amines) is 1. The first-order valence-electron chi connectivity index (χ1n) is 9.87. The van der Waals surface area contributed by atoms with Crippen LogP contribution in [0.5, 0.6) is 0 Å². The largest absolute Gasteiger partial charge is 0.461 e. The first-order chi connectivity index (χ1) is 13.3. The summed E-state index contributed by atoms with van der Waals surface area (Å²) in [6.07, 6.45) is 7.95. The highest BCUT2D eigenvalue weighted by Gasteiger charge is 2.16. The molecule has 0 bridgehead atoms. The topological polar surface area (TPSA) is 76.2 Å². The highest BCUT2D eigenvalue weighted by atomic mass is 32.2. The highest BCUT2D eigenvalue weighted by molar-refractivity contribution is 7.99. The number of hydrogen-bond acceptors (Lipinski definition) is 6. The van der Waals surface area contributed by atoms with Gasteiger partial charge < -0.3 is 14.6 Å². The summed E-state index contributed by atoms with van der Waals surface area (Å²) in [5.41, 5.74) is 0. The third-order valence-electron chi connectivity index (χ3n) is 4.78. The molecule has 8 heteroatoms. The van der Waals surface area contributed by atoms with Crippen LogP contribution in [-0.2, 0) is 11.3 Å². The Morgan fingerprint density at radius 2 is 2.07 bits per heavy atom. The van der Waals surface area contributed by atoms with E-state index in [0.29, 0.717) is 17.3 Å². The van der Waals surface area contributed by atoms with Gasteiger partial charge in [-0.3, -0.25) is 9.36 Å². The number of nitrogens with zero attached hydrogens (tertiary/aromatic N) is 4.